The van der Waals surface area contributed by atoms with Crippen LogP contribution in [0.2, 0.25) is 0 Å². The third-order valence-electron chi connectivity index (χ3n) is 2.96. The number of benzene rings is 2. The van der Waals surface area contributed by atoms with Gasteiger partial charge in [-0.1, -0.05) is 52.3 Å². The molecule has 20 heavy (non-hydrogen) atoms. The third kappa shape index (κ3) is 3.84. The van der Waals surface area contributed by atoms with Gasteiger partial charge < -0.3 is 4.74 Å². The Balaban J connectivity index is 1.97. The van der Waals surface area contributed by atoms with Crippen molar-refractivity contribution in [1.82, 2.24) is 0 Å². The maximum Gasteiger partial charge on any atom is 0.411 e. The van der Waals surface area contributed by atoms with Crippen molar-refractivity contribution in [1.29, 1.82) is 0 Å². The molecular weight excluding hydrogens is 318 g/mol. The van der Waals surface area contributed by atoms with Crippen molar-refractivity contribution in [2.75, 3.05) is 5.32 Å². The molecule has 0 atom stereocenters. The number of hydrogen-bond donors (Lipinski definition) is 1. The number of carbonyl (C=O) groups is 1. The van der Waals surface area contributed by atoms with Crippen LogP contribution in [0.3, 0.4) is 0 Å². The number of amides is 1. The number of carbonyl (C=O) groups excluding carboxylic acids is 1. The first-order valence-electron chi connectivity index (χ1n) is 6.30. The highest BCUT2D eigenvalue weighted by Gasteiger charge is 2.08. The fourth-order valence-electron chi connectivity index (χ4n) is 1.83. The molecule has 2 aromatic rings. The Bertz CT molecular complexity index is 611. The first-order chi connectivity index (χ1) is 9.56. The molecule has 104 valence electrons. The molecule has 2 aromatic carbocycles. The maximum absolute atomic E-state index is 11.8. The topological polar surface area (TPSA) is 38.3 Å². The van der Waals surface area contributed by atoms with E-state index >= 15 is 0 Å². The minimum absolute atomic E-state index is 0.263. The van der Waals surface area contributed by atoms with Crippen LogP contribution in [0, 0.1) is 13.8 Å². The number of halogens is 1. The normalized spacial score (nSPS) is 10.2. The van der Waals surface area contributed by atoms with Crippen LogP contribution in [0.25, 0.3) is 0 Å². The zero-order chi connectivity index (χ0) is 14.5. The quantitative estimate of drug-likeness (QED) is 0.874. The van der Waals surface area contributed by atoms with E-state index in [1.165, 1.54) is 0 Å². The van der Waals surface area contributed by atoms with Crippen LogP contribution in [0.15, 0.2) is 46.9 Å². The van der Waals surface area contributed by atoms with Gasteiger partial charge in [0, 0.05) is 10.2 Å². The van der Waals surface area contributed by atoms with Crippen molar-refractivity contribution in [3.8, 4) is 0 Å². The van der Waals surface area contributed by atoms with E-state index in [0.29, 0.717) is 0 Å². The number of hydrogen-bond acceptors (Lipinski definition) is 2. The molecule has 0 aliphatic heterocycles. The highest BCUT2D eigenvalue weighted by atomic mass is 79.9. The Morgan fingerprint density at radius 3 is 2.55 bits per heavy atom. The summed E-state index contributed by atoms with van der Waals surface area (Å²) in [7, 11) is 0. The van der Waals surface area contributed by atoms with E-state index in [0.717, 1.165) is 26.9 Å². The summed E-state index contributed by atoms with van der Waals surface area (Å²) >= 11 is 3.45. The molecule has 2 rings (SSSR count). The van der Waals surface area contributed by atoms with Crippen molar-refractivity contribution in [3.63, 3.8) is 0 Å². The van der Waals surface area contributed by atoms with Gasteiger partial charge in [-0.2, -0.15) is 0 Å². The second-order valence-electron chi connectivity index (χ2n) is 4.60. The number of anilines is 1. The van der Waals surface area contributed by atoms with E-state index in [-0.39, 0.29) is 6.61 Å². The Morgan fingerprint density at radius 1 is 1.15 bits per heavy atom. The first-order valence-corrected chi connectivity index (χ1v) is 7.10. The molecule has 1 N–H and O–H groups in total. The van der Waals surface area contributed by atoms with Gasteiger partial charge in [0.1, 0.15) is 6.61 Å². The minimum Gasteiger partial charge on any atom is -0.444 e. The summed E-state index contributed by atoms with van der Waals surface area (Å²) in [5, 5.41) is 2.76. The van der Waals surface area contributed by atoms with E-state index in [1.54, 1.807) is 0 Å². The van der Waals surface area contributed by atoms with Gasteiger partial charge in [-0.15, -0.1) is 0 Å². The molecule has 0 spiro atoms. The van der Waals surface area contributed by atoms with Crippen molar-refractivity contribution in [2.24, 2.45) is 0 Å². The Kier molecular flexibility index (Phi) is 4.79. The molecule has 3 nitrogen and oxygen atoms in total. The van der Waals surface area contributed by atoms with E-state index in [9.17, 15) is 4.79 Å². The number of ether oxygens (including phenoxy) is 1. The largest absolute Gasteiger partial charge is 0.444 e. The summed E-state index contributed by atoms with van der Waals surface area (Å²) in [6.45, 7) is 4.22. The van der Waals surface area contributed by atoms with Gasteiger partial charge in [-0.3, -0.25) is 5.32 Å². The van der Waals surface area contributed by atoms with E-state index in [1.807, 2.05) is 56.3 Å². The molecule has 0 saturated heterocycles. The second kappa shape index (κ2) is 6.57. The lowest BCUT2D eigenvalue weighted by Gasteiger charge is -2.11. The van der Waals surface area contributed by atoms with E-state index < -0.39 is 6.09 Å². The summed E-state index contributed by atoms with van der Waals surface area (Å²) in [5.74, 6) is 0. The van der Waals surface area contributed by atoms with Gasteiger partial charge in [0.25, 0.3) is 0 Å². The Hall–Kier alpha value is -1.81. The molecule has 0 fully saturated rings. The standard InChI is InChI=1S/C16H16BrNO2/c1-11-8-12(2)15(9-14(11)17)18-16(19)20-10-13-6-4-3-5-7-13/h3-9H,10H2,1-2H3,(H,18,19). The van der Waals surface area contributed by atoms with Crippen LogP contribution in [-0.2, 0) is 11.3 Å². The predicted octanol–water partition coefficient (Wildman–Crippen LogP) is 4.81. The van der Waals surface area contributed by atoms with E-state index in [2.05, 4.69) is 21.2 Å². The molecule has 0 aliphatic rings. The molecule has 0 radical (unpaired) electrons. The average Bonchev–Trinajstić information content (AvgIpc) is 2.44. The zero-order valence-electron chi connectivity index (χ0n) is 11.4. The summed E-state index contributed by atoms with van der Waals surface area (Å²) in [6, 6.07) is 13.5. The highest BCUT2D eigenvalue weighted by molar-refractivity contribution is 9.10. The molecule has 0 unspecified atom stereocenters. The van der Waals surface area contributed by atoms with Crippen LogP contribution < -0.4 is 5.32 Å². The smallest absolute Gasteiger partial charge is 0.411 e. The lowest BCUT2D eigenvalue weighted by atomic mass is 10.1. The first kappa shape index (κ1) is 14.6. The lowest BCUT2D eigenvalue weighted by molar-refractivity contribution is 0.155. The fraction of sp³-hybridized carbons (Fsp3) is 0.188. The SMILES string of the molecule is Cc1cc(C)c(NC(=O)OCc2ccccc2)cc1Br. The molecule has 0 aromatic heterocycles. The minimum atomic E-state index is -0.451. The molecular formula is C16H16BrNO2. The Morgan fingerprint density at radius 2 is 1.85 bits per heavy atom. The van der Waals surface area contributed by atoms with Crippen LogP contribution in [0.1, 0.15) is 16.7 Å². The maximum atomic E-state index is 11.8. The lowest BCUT2D eigenvalue weighted by Crippen LogP contribution is -2.14. The van der Waals surface area contributed by atoms with Crippen LogP contribution >= 0.6 is 15.9 Å². The molecule has 0 saturated carbocycles. The van der Waals surface area contributed by atoms with E-state index in [4.69, 9.17) is 4.74 Å². The second-order valence-corrected chi connectivity index (χ2v) is 5.46. The number of rotatable bonds is 3. The molecule has 0 aliphatic carbocycles. The summed E-state index contributed by atoms with van der Waals surface area (Å²) in [5.41, 5.74) is 3.85. The summed E-state index contributed by atoms with van der Waals surface area (Å²) in [4.78, 5) is 11.8. The van der Waals surface area contributed by atoms with Gasteiger partial charge in [-0.05, 0) is 36.6 Å². The molecule has 0 heterocycles. The molecule has 1 amide bonds. The monoisotopic (exact) mass is 333 g/mol. The van der Waals surface area contributed by atoms with Gasteiger partial charge in [0.05, 0.1) is 0 Å². The van der Waals surface area contributed by atoms with Crippen LogP contribution in [0.5, 0.6) is 0 Å². The fourth-order valence-corrected chi connectivity index (χ4v) is 2.17. The highest BCUT2D eigenvalue weighted by Crippen LogP contribution is 2.24. The third-order valence-corrected chi connectivity index (χ3v) is 3.81. The molecule has 0 bridgehead atoms. The summed E-state index contributed by atoms with van der Waals surface area (Å²) < 4.78 is 6.15. The summed E-state index contributed by atoms with van der Waals surface area (Å²) in [6.07, 6.45) is -0.451. The van der Waals surface area contributed by atoms with Crippen LogP contribution in [0.4, 0.5) is 10.5 Å². The average molecular weight is 334 g/mol. The van der Waals surface area contributed by atoms with Crippen molar-refractivity contribution < 1.29 is 9.53 Å². The zero-order valence-corrected chi connectivity index (χ0v) is 13.0. The van der Waals surface area contributed by atoms with Crippen molar-refractivity contribution in [3.05, 3.63) is 63.6 Å². The van der Waals surface area contributed by atoms with Gasteiger partial charge in [0.2, 0.25) is 0 Å². The van der Waals surface area contributed by atoms with Crippen molar-refractivity contribution >= 4 is 27.7 Å². The van der Waals surface area contributed by atoms with Gasteiger partial charge in [-0.25, -0.2) is 4.79 Å². The number of aryl methyl sites for hydroxylation is 2. The molecule has 4 heteroatoms. The van der Waals surface area contributed by atoms with Gasteiger partial charge in [0.15, 0.2) is 0 Å². The predicted molar refractivity (Wildman–Crippen MR) is 83.9 cm³/mol. The van der Waals surface area contributed by atoms with Gasteiger partial charge >= 0.3 is 6.09 Å². The Labute approximate surface area is 127 Å². The van der Waals surface area contributed by atoms with Crippen molar-refractivity contribution in [2.45, 2.75) is 20.5 Å². The number of nitrogens with one attached hydrogen (secondary N) is 1. The van der Waals surface area contributed by atoms with Crippen LogP contribution in [-0.4, -0.2) is 6.09 Å².